The summed E-state index contributed by atoms with van der Waals surface area (Å²) in [6.07, 6.45) is 2.82. The number of aliphatic carboxylic acids is 1. The average molecular weight is 299 g/mol. The summed E-state index contributed by atoms with van der Waals surface area (Å²) in [6.45, 7) is 0. The minimum atomic E-state index is -3.91. The lowest BCUT2D eigenvalue weighted by atomic mass is 9.99. The molecule has 1 unspecified atom stereocenters. The van der Waals surface area contributed by atoms with Crippen LogP contribution in [0.1, 0.15) is 19.3 Å². The predicted octanol–water partition coefficient (Wildman–Crippen LogP) is 2.13. The molecule has 1 atom stereocenters. The van der Waals surface area contributed by atoms with E-state index < -0.39 is 27.1 Å². The van der Waals surface area contributed by atoms with E-state index in [-0.39, 0.29) is 17.7 Å². The van der Waals surface area contributed by atoms with E-state index in [1.54, 1.807) is 0 Å². The van der Waals surface area contributed by atoms with Gasteiger partial charge in [0.2, 0.25) is 10.0 Å². The van der Waals surface area contributed by atoms with Crippen molar-refractivity contribution in [3.05, 3.63) is 41.7 Å². The van der Waals surface area contributed by atoms with Crippen molar-refractivity contribution in [1.82, 2.24) is 0 Å². The summed E-state index contributed by atoms with van der Waals surface area (Å²) >= 11 is 0. The fraction of sp³-hybridized carbons (Fsp3) is 0.308. The molecule has 1 aromatic rings. The molecule has 0 heterocycles. The first-order valence-corrected chi connectivity index (χ1v) is 7.65. The molecule has 0 amide bonds. The zero-order valence-corrected chi connectivity index (χ0v) is 11.4. The van der Waals surface area contributed by atoms with Gasteiger partial charge in [-0.25, -0.2) is 17.6 Å². The van der Waals surface area contributed by atoms with Gasteiger partial charge in [-0.3, -0.25) is 4.72 Å². The first kappa shape index (κ1) is 14.5. The second-order valence-corrected chi connectivity index (χ2v) is 6.40. The third-order valence-electron chi connectivity index (χ3n) is 3.09. The van der Waals surface area contributed by atoms with E-state index in [0.717, 1.165) is 6.07 Å². The lowest BCUT2D eigenvalue weighted by molar-refractivity contribution is -0.132. The van der Waals surface area contributed by atoms with Crippen molar-refractivity contribution < 1.29 is 22.7 Å². The normalized spacial score (nSPS) is 19.2. The highest BCUT2D eigenvalue weighted by molar-refractivity contribution is 7.93. The Morgan fingerprint density at radius 1 is 1.40 bits per heavy atom. The number of allylic oxidation sites excluding steroid dienone is 1. The standard InChI is InChI=1S/C13H14FNO4S/c14-9-4-3-5-10(8-9)15-20(18,19)12-7-2-1-6-11(12)13(16)17/h3-6,8,12,15H,1-2,7H2,(H,16,17). The summed E-state index contributed by atoms with van der Waals surface area (Å²) in [5.74, 6) is -1.80. The van der Waals surface area contributed by atoms with E-state index in [4.69, 9.17) is 5.11 Å². The molecule has 0 aliphatic heterocycles. The van der Waals surface area contributed by atoms with Gasteiger partial charge in [-0.1, -0.05) is 12.1 Å². The van der Waals surface area contributed by atoms with Gasteiger partial charge in [0.05, 0.1) is 11.3 Å². The number of hydrogen-bond acceptors (Lipinski definition) is 3. The highest BCUT2D eigenvalue weighted by atomic mass is 32.2. The first-order valence-electron chi connectivity index (χ1n) is 6.11. The van der Waals surface area contributed by atoms with Crippen molar-refractivity contribution >= 4 is 21.7 Å². The maximum absolute atomic E-state index is 13.0. The topological polar surface area (TPSA) is 83.5 Å². The summed E-state index contributed by atoms with van der Waals surface area (Å²) in [7, 11) is -3.91. The summed E-state index contributed by atoms with van der Waals surface area (Å²) < 4.78 is 39.8. The van der Waals surface area contributed by atoms with Gasteiger partial charge >= 0.3 is 5.97 Å². The molecule has 0 saturated heterocycles. The maximum atomic E-state index is 13.0. The van der Waals surface area contributed by atoms with Gasteiger partial charge in [-0.2, -0.15) is 0 Å². The van der Waals surface area contributed by atoms with E-state index in [1.807, 2.05) is 0 Å². The average Bonchev–Trinajstić information content (AvgIpc) is 2.38. The van der Waals surface area contributed by atoms with Gasteiger partial charge < -0.3 is 5.11 Å². The lowest BCUT2D eigenvalue weighted by Gasteiger charge is -2.22. The van der Waals surface area contributed by atoms with Crippen LogP contribution in [0.2, 0.25) is 0 Å². The Kier molecular flexibility index (Phi) is 4.08. The molecule has 0 fully saturated rings. The van der Waals surface area contributed by atoms with E-state index in [0.29, 0.717) is 12.8 Å². The molecule has 1 aromatic carbocycles. The summed E-state index contributed by atoms with van der Waals surface area (Å²) in [6, 6.07) is 5.03. The number of carboxylic acids is 1. The third kappa shape index (κ3) is 3.16. The number of rotatable bonds is 4. The fourth-order valence-electron chi connectivity index (χ4n) is 2.18. The maximum Gasteiger partial charge on any atom is 0.332 e. The van der Waals surface area contributed by atoms with Crippen molar-refractivity contribution in [2.75, 3.05) is 4.72 Å². The zero-order chi connectivity index (χ0) is 14.8. The number of carbonyl (C=O) groups is 1. The van der Waals surface area contributed by atoms with Crippen LogP contribution in [0.25, 0.3) is 0 Å². The Bertz CT molecular complexity index is 654. The fourth-order valence-corrected chi connectivity index (χ4v) is 3.79. The zero-order valence-electron chi connectivity index (χ0n) is 10.5. The summed E-state index contributed by atoms with van der Waals surface area (Å²) in [5.41, 5.74) is -0.0412. The molecule has 7 heteroatoms. The van der Waals surface area contributed by atoms with Crippen LogP contribution < -0.4 is 4.72 Å². The molecule has 20 heavy (non-hydrogen) atoms. The molecule has 0 bridgehead atoms. The largest absolute Gasteiger partial charge is 0.478 e. The highest BCUT2D eigenvalue weighted by Crippen LogP contribution is 2.26. The second-order valence-electron chi connectivity index (χ2n) is 4.54. The lowest BCUT2D eigenvalue weighted by Crippen LogP contribution is -2.34. The van der Waals surface area contributed by atoms with Crippen molar-refractivity contribution in [3.8, 4) is 0 Å². The molecular weight excluding hydrogens is 285 g/mol. The molecular formula is C13H14FNO4S. The Morgan fingerprint density at radius 3 is 2.80 bits per heavy atom. The van der Waals surface area contributed by atoms with Crippen molar-refractivity contribution in [1.29, 1.82) is 0 Å². The Balaban J connectivity index is 2.28. The van der Waals surface area contributed by atoms with Crippen LogP contribution in [0.3, 0.4) is 0 Å². The molecule has 0 saturated carbocycles. The van der Waals surface area contributed by atoms with Gasteiger partial charge in [0, 0.05) is 0 Å². The van der Waals surface area contributed by atoms with E-state index >= 15 is 0 Å². The van der Waals surface area contributed by atoms with Crippen LogP contribution in [-0.2, 0) is 14.8 Å². The second kappa shape index (κ2) is 5.62. The molecule has 2 N–H and O–H groups in total. The number of benzene rings is 1. The Labute approximate surface area is 116 Å². The van der Waals surface area contributed by atoms with Gasteiger partial charge in [0.25, 0.3) is 0 Å². The number of halogens is 1. The van der Waals surface area contributed by atoms with Crippen LogP contribution in [0, 0.1) is 5.82 Å². The van der Waals surface area contributed by atoms with Gasteiger partial charge in [0.1, 0.15) is 11.1 Å². The van der Waals surface area contributed by atoms with Crippen LogP contribution in [0.5, 0.6) is 0 Å². The molecule has 0 spiro atoms. The number of hydrogen-bond donors (Lipinski definition) is 2. The van der Waals surface area contributed by atoms with Crippen molar-refractivity contribution in [2.24, 2.45) is 0 Å². The number of carboxylic acid groups (broad SMARTS) is 1. The molecule has 108 valence electrons. The van der Waals surface area contributed by atoms with Crippen LogP contribution in [0.15, 0.2) is 35.9 Å². The van der Waals surface area contributed by atoms with Crippen LogP contribution >= 0.6 is 0 Å². The molecule has 1 aliphatic rings. The first-order chi connectivity index (χ1) is 9.40. The molecule has 1 aliphatic carbocycles. The van der Waals surface area contributed by atoms with Crippen molar-refractivity contribution in [3.63, 3.8) is 0 Å². The predicted molar refractivity (Wildman–Crippen MR) is 72.3 cm³/mol. The minimum Gasteiger partial charge on any atom is -0.478 e. The quantitative estimate of drug-likeness (QED) is 0.892. The minimum absolute atomic E-state index is 0.0836. The molecule has 5 nitrogen and oxygen atoms in total. The Morgan fingerprint density at radius 2 is 2.15 bits per heavy atom. The molecule has 0 aromatic heterocycles. The highest BCUT2D eigenvalue weighted by Gasteiger charge is 2.34. The van der Waals surface area contributed by atoms with Crippen LogP contribution in [0.4, 0.5) is 10.1 Å². The van der Waals surface area contributed by atoms with Crippen molar-refractivity contribution in [2.45, 2.75) is 24.5 Å². The van der Waals surface area contributed by atoms with Gasteiger partial charge in [-0.15, -0.1) is 0 Å². The smallest absolute Gasteiger partial charge is 0.332 e. The molecule has 0 radical (unpaired) electrons. The SMILES string of the molecule is O=C(O)C1=CCCCC1S(=O)(=O)Nc1cccc(F)c1. The summed E-state index contributed by atoms with van der Waals surface area (Å²) in [5, 5.41) is 7.95. The van der Waals surface area contributed by atoms with E-state index in [9.17, 15) is 17.6 Å². The monoisotopic (exact) mass is 299 g/mol. The van der Waals surface area contributed by atoms with Gasteiger partial charge in [-0.05, 0) is 37.5 Å². The van der Waals surface area contributed by atoms with E-state index in [1.165, 1.54) is 24.3 Å². The van der Waals surface area contributed by atoms with Crippen LogP contribution in [-0.4, -0.2) is 24.7 Å². The van der Waals surface area contributed by atoms with E-state index in [2.05, 4.69) is 4.72 Å². The number of sulfonamides is 1. The summed E-state index contributed by atoms with van der Waals surface area (Å²) in [4.78, 5) is 11.1. The third-order valence-corrected chi connectivity index (χ3v) is 4.85. The number of nitrogens with one attached hydrogen (secondary N) is 1. The van der Waals surface area contributed by atoms with Gasteiger partial charge in [0.15, 0.2) is 0 Å². The molecule has 2 rings (SSSR count). The Hall–Kier alpha value is -1.89. The number of anilines is 1.